The predicted molar refractivity (Wildman–Crippen MR) is 113 cm³/mol. The van der Waals surface area contributed by atoms with E-state index in [2.05, 4.69) is 53.1 Å². The molecule has 4 rings (SSSR count). The number of benzene rings is 1. The van der Waals surface area contributed by atoms with Crippen LogP contribution in [0.1, 0.15) is 12.0 Å². The number of fused-ring (bicyclic) bond motifs is 5. The minimum atomic E-state index is -0.406. The molecule has 0 aromatic heterocycles. The molecular formula is C18H16Br3ClN2O3. The maximum atomic E-state index is 12.9. The number of anilines is 1. The van der Waals surface area contributed by atoms with Crippen LogP contribution in [0.2, 0.25) is 5.02 Å². The van der Waals surface area contributed by atoms with Crippen molar-refractivity contribution in [3.05, 3.63) is 27.2 Å². The molecule has 3 amide bonds. The first-order chi connectivity index (χ1) is 12.7. The Morgan fingerprint density at radius 2 is 1.74 bits per heavy atom. The summed E-state index contributed by atoms with van der Waals surface area (Å²) in [7, 11) is 0. The Balaban J connectivity index is 1.49. The molecule has 0 radical (unpaired) electrons. The summed E-state index contributed by atoms with van der Waals surface area (Å²) in [5, 5.41) is 3.27. The second-order valence-electron chi connectivity index (χ2n) is 7.35. The Kier molecular flexibility index (Phi) is 5.23. The first kappa shape index (κ1) is 19.9. The summed E-state index contributed by atoms with van der Waals surface area (Å²) >= 11 is 16.8. The summed E-state index contributed by atoms with van der Waals surface area (Å²) in [6.07, 6.45) is 0.870. The van der Waals surface area contributed by atoms with Crippen LogP contribution in [0.3, 0.4) is 0 Å². The van der Waals surface area contributed by atoms with Gasteiger partial charge in [-0.2, -0.15) is 0 Å². The van der Waals surface area contributed by atoms with Gasteiger partial charge in [0.1, 0.15) is 6.54 Å². The fourth-order valence-electron chi connectivity index (χ4n) is 4.69. The quantitative estimate of drug-likeness (QED) is 0.430. The molecule has 1 N–H and O–H groups in total. The molecule has 3 fully saturated rings. The molecule has 144 valence electrons. The van der Waals surface area contributed by atoms with Crippen molar-refractivity contribution >= 4 is 82.8 Å². The van der Waals surface area contributed by atoms with Crippen molar-refractivity contribution in [3.8, 4) is 0 Å². The Morgan fingerprint density at radius 1 is 1.19 bits per heavy atom. The molecule has 1 heterocycles. The van der Waals surface area contributed by atoms with Gasteiger partial charge in [0.15, 0.2) is 0 Å². The van der Waals surface area contributed by atoms with Crippen LogP contribution in [-0.2, 0) is 14.4 Å². The number of carbonyl (C=O) groups excluding carboxylic acids is 3. The van der Waals surface area contributed by atoms with E-state index in [1.807, 2.05) is 0 Å². The molecule has 27 heavy (non-hydrogen) atoms. The minimum Gasteiger partial charge on any atom is -0.324 e. The molecule has 9 heteroatoms. The lowest BCUT2D eigenvalue weighted by Gasteiger charge is -2.28. The molecule has 5 nitrogen and oxygen atoms in total. The van der Waals surface area contributed by atoms with E-state index in [9.17, 15) is 14.4 Å². The maximum absolute atomic E-state index is 12.9. The van der Waals surface area contributed by atoms with Crippen LogP contribution >= 0.6 is 59.4 Å². The number of rotatable bonds is 3. The number of halogens is 4. The smallest absolute Gasteiger partial charge is 0.244 e. The topological polar surface area (TPSA) is 66.5 Å². The number of nitrogens with one attached hydrogen (secondary N) is 1. The Bertz CT molecular complexity index is 832. The van der Waals surface area contributed by atoms with Crippen molar-refractivity contribution in [2.24, 2.45) is 23.7 Å². The first-order valence-corrected chi connectivity index (χ1v) is 11.6. The number of likely N-dealkylation sites (tertiary alicyclic amines) is 1. The van der Waals surface area contributed by atoms with Crippen LogP contribution in [0.15, 0.2) is 16.6 Å². The number of imide groups is 1. The van der Waals surface area contributed by atoms with Crippen LogP contribution in [-0.4, -0.2) is 38.8 Å². The van der Waals surface area contributed by atoms with Crippen molar-refractivity contribution in [1.29, 1.82) is 0 Å². The predicted octanol–water partition coefficient (Wildman–Crippen LogP) is 4.13. The molecule has 0 unspecified atom stereocenters. The van der Waals surface area contributed by atoms with Gasteiger partial charge in [0.25, 0.3) is 0 Å². The van der Waals surface area contributed by atoms with E-state index >= 15 is 0 Å². The lowest BCUT2D eigenvalue weighted by Crippen LogP contribution is -2.39. The van der Waals surface area contributed by atoms with Gasteiger partial charge in [-0.15, -0.1) is 0 Å². The summed E-state index contributed by atoms with van der Waals surface area (Å²) in [5.41, 5.74) is 1.28. The lowest BCUT2D eigenvalue weighted by atomic mass is 9.81. The van der Waals surface area contributed by atoms with Crippen molar-refractivity contribution in [3.63, 3.8) is 0 Å². The van der Waals surface area contributed by atoms with Gasteiger partial charge in [-0.05, 0) is 58.8 Å². The first-order valence-electron chi connectivity index (χ1n) is 8.60. The average Bonchev–Trinajstić information content (AvgIpc) is 3.23. The van der Waals surface area contributed by atoms with Gasteiger partial charge in [0.2, 0.25) is 17.7 Å². The second kappa shape index (κ2) is 7.11. The van der Waals surface area contributed by atoms with Gasteiger partial charge in [-0.3, -0.25) is 19.3 Å². The minimum absolute atomic E-state index is 0.140. The number of nitrogens with zero attached hydrogens (tertiary/aromatic N) is 1. The summed E-state index contributed by atoms with van der Waals surface area (Å²) in [4.78, 5) is 39.7. The number of carbonyl (C=O) groups is 3. The van der Waals surface area contributed by atoms with Crippen LogP contribution in [0.25, 0.3) is 0 Å². The highest BCUT2D eigenvalue weighted by atomic mass is 79.9. The summed E-state index contributed by atoms with van der Waals surface area (Å²) in [6, 6.07) is 3.47. The van der Waals surface area contributed by atoms with Gasteiger partial charge >= 0.3 is 0 Å². The van der Waals surface area contributed by atoms with Gasteiger partial charge < -0.3 is 5.32 Å². The fourth-order valence-corrected chi connectivity index (χ4v) is 7.15. The molecular weight excluding hydrogens is 567 g/mol. The summed E-state index contributed by atoms with van der Waals surface area (Å²) in [5.74, 6) is -1.18. The number of alkyl halides is 2. The zero-order chi connectivity index (χ0) is 19.6. The SMILES string of the molecule is Cc1c(NC(=O)CN2C(=O)[C@@H]3[C@H]4C[C@H]([C@H](Br)[C@@H]4Br)[C@@H]3C2=O)ccc(Br)c1Cl. The van der Waals surface area contributed by atoms with E-state index in [0.717, 1.165) is 21.4 Å². The third kappa shape index (κ3) is 3.02. The lowest BCUT2D eigenvalue weighted by molar-refractivity contribution is -0.143. The summed E-state index contributed by atoms with van der Waals surface area (Å²) in [6.45, 7) is 1.53. The molecule has 0 spiro atoms. The maximum Gasteiger partial charge on any atom is 0.244 e. The normalized spacial score (nSPS) is 34.3. The Hall–Kier alpha value is -0.440. The van der Waals surface area contributed by atoms with E-state index < -0.39 is 5.91 Å². The third-order valence-electron chi connectivity index (χ3n) is 5.99. The van der Waals surface area contributed by atoms with Crippen molar-refractivity contribution in [2.75, 3.05) is 11.9 Å². The molecule has 3 aliphatic rings. The van der Waals surface area contributed by atoms with Crippen molar-refractivity contribution < 1.29 is 14.4 Å². The monoisotopic (exact) mass is 580 g/mol. The van der Waals surface area contributed by atoms with Gasteiger partial charge in [-0.1, -0.05) is 43.5 Å². The summed E-state index contributed by atoms with van der Waals surface area (Å²) < 4.78 is 0.738. The largest absolute Gasteiger partial charge is 0.324 e. The van der Waals surface area contributed by atoms with E-state index in [0.29, 0.717) is 10.7 Å². The molecule has 1 aromatic carbocycles. The molecule has 2 aliphatic carbocycles. The molecule has 1 aromatic rings. The number of amides is 3. The standard InChI is InChI=1S/C18H16Br3ClN2O3/c1-6-10(3-2-9(19)16(6)22)23-11(25)5-24-17(26)12-7-4-8(13(12)18(24)27)15(21)14(7)20/h2-3,7-8,12-15H,4-5H2,1H3,(H,23,25)/t7-,8+,12-,13+,14-,15+. The Labute approximate surface area is 186 Å². The van der Waals surface area contributed by atoms with Gasteiger partial charge in [0, 0.05) is 19.8 Å². The fraction of sp³-hybridized carbons (Fsp3) is 0.500. The highest BCUT2D eigenvalue weighted by Gasteiger charge is 2.66. The zero-order valence-corrected chi connectivity index (χ0v) is 19.7. The van der Waals surface area contributed by atoms with Crippen molar-refractivity contribution in [2.45, 2.75) is 23.0 Å². The molecule has 1 saturated heterocycles. The van der Waals surface area contributed by atoms with Crippen molar-refractivity contribution in [1.82, 2.24) is 4.90 Å². The second-order valence-corrected chi connectivity index (χ2v) is 10.7. The van der Waals surface area contributed by atoms with E-state index in [4.69, 9.17) is 11.6 Å². The molecule has 6 atom stereocenters. The molecule has 2 saturated carbocycles. The third-order valence-corrected chi connectivity index (χ3v) is 10.6. The van der Waals surface area contributed by atoms with Gasteiger partial charge in [-0.25, -0.2) is 0 Å². The number of hydrogen-bond donors (Lipinski definition) is 1. The van der Waals surface area contributed by atoms with Crippen LogP contribution in [0.4, 0.5) is 5.69 Å². The molecule has 1 aliphatic heterocycles. The highest BCUT2D eigenvalue weighted by Crippen LogP contribution is 2.60. The number of hydrogen-bond acceptors (Lipinski definition) is 3. The van der Waals surface area contributed by atoms with Crippen LogP contribution < -0.4 is 5.32 Å². The van der Waals surface area contributed by atoms with E-state index in [1.165, 1.54) is 0 Å². The zero-order valence-electron chi connectivity index (χ0n) is 14.2. The molecule has 2 bridgehead atoms. The highest BCUT2D eigenvalue weighted by molar-refractivity contribution is 9.12. The average molecular weight is 584 g/mol. The van der Waals surface area contributed by atoms with Crippen LogP contribution in [0, 0.1) is 30.6 Å². The Morgan fingerprint density at radius 3 is 2.30 bits per heavy atom. The van der Waals surface area contributed by atoms with Gasteiger partial charge in [0.05, 0.1) is 16.9 Å². The van der Waals surface area contributed by atoms with E-state index in [1.54, 1.807) is 19.1 Å². The van der Waals surface area contributed by atoms with Crippen LogP contribution in [0.5, 0.6) is 0 Å². The van der Waals surface area contributed by atoms with E-state index in [-0.39, 0.29) is 51.7 Å².